The summed E-state index contributed by atoms with van der Waals surface area (Å²) in [6, 6.07) is 25.2. The number of pyridine rings is 1. The van der Waals surface area contributed by atoms with Crippen molar-refractivity contribution in [2.24, 2.45) is 5.92 Å². The fraction of sp³-hybridized carbons (Fsp3) is 0.270. The first-order valence-electron chi connectivity index (χ1n) is 16.0. The second-order valence-corrected chi connectivity index (χ2v) is 12.9. The van der Waals surface area contributed by atoms with Crippen molar-refractivity contribution in [2.45, 2.75) is 56.1 Å². The second-order valence-electron chi connectivity index (χ2n) is 11.9. The number of thioether (sulfide) groups is 1. The number of nitrogens with one attached hydrogen (secondary N) is 1. The first-order valence-corrected chi connectivity index (χ1v) is 17.0. The summed E-state index contributed by atoms with van der Waals surface area (Å²) < 4.78 is 18.3. The fourth-order valence-electron chi connectivity index (χ4n) is 5.87. The zero-order chi connectivity index (χ0) is 35.2. The van der Waals surface area contributed by atoms with Gasteiger partial charge in [-0.15, -0.1) is 11.8 Å². The highest BCUT2D eigenvalue weighted by Crippen LogP contribution is 2.43. The van der Waals surface area contributed by atoms with Gasteiger partial charge in [-0.1, -0.05) is 73.7 Å². The minimum Gasteiger partial charge on any atom is -0.478 e. The Balaban J connectivity index is 1.20. The van der Waals surface area contributed by atoms with Crippen LogP contribution in [-0.2, 0) is 37.0 Å². The summed E-state index contributed by atoms with van der Waals surface area (Å²) >= 11 is 1.27. The number of carboxylic acids is 1. The third-order valence-corrected chi connectivity index (χ3v) is 9.66. The van der Waals surface area contributed by atoms with Crippen LogP contribution in [0, 0.1) is 5.92 Å². The second kappa shape index (κ2) is 15.6. The van der Waals surface area contributed by atoms with Gasteiger partial charge < -0.3 is 29.7 Å². The van der Waals surface area contributed by atoms with Gasteiger partial charge in [0, 0.05) is 23.4 Å². The van der Waals surface area contributed by atoms with Gasteiger partial charge in [-0.3, -0.25) is 9.59 Å². The summed E-state index contributed by atoms with van der Waals surface area (Å²) in [5.74, 6) is -1.98. The number of rotatable bonds is 11. The summed E-state index contributed by atoms with van der Waals surface area (Å²) in [6.45, 7) is 1.90. The van der Waals surface area contributed by atoms with Gasteiger partial charge in [-0.25, -0.2) is 19.5 Å². The number of aromatic nitrogens is 1. The van der Waals surface area contributed by atoms with Gasteiger partial charge in [-0.2, -0.15) is 0 Å². The lowest BCUT2D eigenvalue weighted by molar-refractivity contribution is -0.268. The van der Waals surface area contributed by atoms with Crippen molar-refractivity contribution < 1.29 is 43.6 Å². The standard InChI is InChI=1S/C37H35N3O9S/c1-22-30(21-50-33-28(35(44)45)11-6-16-38-33)48-36(49-32(22)25-14-12-23(19-41)13-15-25)26-9-5-10-27(17-26)40-31(42)18-29(34(40)43)39-37(46)47-20-24-7-3-2-4-8-24/h2-17,22,29-30,32,36,41H,18-21H2,1H3,(H,39,46)(H,44,45). The summed E-state index contributed by atoms with van der Waals surface area (Å²) in [6.07, 6.45) is -1.30. The Morgan fingerprint density at radius 2 is 1.74 bits per heavy atom. The van der Waals surface area contributed by atoms with Crippen LogP contribution < -0.4 is 10.2 Å². The number of aliphatic hydroxyl groups excluding tert-OH is 1. The molecule has 258 valence electrons. The average Bonchev–Trinajstić information content (AvgIpc) is 3.42. The van der Waals surface area contributed by atoms with Crippen LogP contribution in [0.2, 0.25) is 0 Å². The van der Waals surface area contributed by atoms with Gasteiger partial charge in [0.2, 0.25) is 5.91 Å². The maximum absolute atomic E-state index is 13.4. The summed E-state index contributed by atoms with van der Waals surface area (Å²) in [7, 11) is 0. The van der Waals surface area contributed by atoms with Gasteiger partial charge in [0.1, 0.15) is 17.7 Å². The first kappa shape index (κ1) is 34.8. The van der Waals surface area contributed by atoms with E-state index < -0.39 is 48.4 Å². The van der Waals surface area contributed by atoms with Gasteiger partial charge >= 0.3 is 12.1 Å². The van der Waals surface area contributed by atoms with Gasteiger partial charge in [0.05, 0.1) is 36.5 Å². The molecule has 4 aromatic rings. The van der Waals surface area contributed by atoms with E-state index in [1.807, 2.05) is 49.4 Å². The van der Waals surface area contributed by atoms with Crippen molar-refractivity contribution in [1.29, 1.82) is 0 Å². The molecule has 3 heterocycles. The molecule has 12 nitrogen and oxygen atoms in total. The third kappa shape index (κ3) is 7.87. The van der Waals surface area contributed by atoms with Crippen molar-refractivity contribution in [3.05, 3.63) is 125 Å². The number of hydrogen-bond acceptors (Lipinski definition) is 10. The van der Waals surface area contributed by atoms with E-state index in [4.69, 9.17) is 14.2 Å². The Kier molecular flexibility index (Phi) is 10.9. The number of carbonyl (C=O) groups excluding carboxylic acids is 3. The zero-order valence-electron chi connectivity index (χ0n) is 27.0. The number of alkyl carbamates (subject to hydrolysis) is 1. The molecule has 2 fully saturated rings. The SMILES string of the molecule is CC1C(CSc2ncccc2C(=O)O)OC(c2cccc(N3C(=O)CC(NC(=O)OCc4ccccc4)C3=O)c2)OC1c1ccc(CO)cc1. The molecule has 5 atom stereocenters. The third-order valence-electron chi connectivity index (χ3n) is 8.56. The monoisotopic (exact) mass is 697 g/mol. The van der Waals surface area contributed by atoms with Gasteiger partial charge in [0.25, 0.3) is 5.91 Å². The van der Waals surface area contributed by atoms with Crippen LogP contribution in [0.15, 0.2) is 102 Å². The maximum Gasteiger partial charge on any atom is 0.408 e. The highest BCUT2D eigenvalue weighted by Gasteiger charge is 2.42. The number of hydrogen-bond donors (Lipinski definition) is 3. The number of anilines is 1. The summed E-state index contributed by atoms with van der Waals surface area (Å²) in [4.78, 5) is 56.1. The van der Waals surface area contributed by atoms with E-state index in [0.717, 1.165) is 21.6 Å². The Morgan fingerprint density at radius 1 is 0.960 bits per heavy atom. The maximum atomic E-state index is 13.4. The smallest absolute Gasteiger partial charge is 0.408 e. The molecule has 3 N–H and O–H groups in total. The van der Waals surface area contributed by atoms with E-state index in [1.165, 1.54) is 24.0 Å². The van der Waals surface area contributed by atoms with E-state index in [2.05, 4.69) is 10.3 Å². The Bertz CT molecular complexity index is 1860. The lowest BCUT2D eigenvalue weighted by Crippen LogP contribution is -2.42. The normalized spacial score (nSPS) is 22.0. The average molecular weight is 698 g/mol. The predicted octanol–water partition coefficient (Wildman–Crippen LogP) is 5.41. The lowest BCUT2D eigenvalue weighted by atomic mass is 9.91. The minimum atomic E-state index is -1.09. The number of ether oxygens (including phenoxy) is 3. The quantitative estimate of drug-likeness (QED) is 0.136. The topological polar surface area (TPSA) is 165 Å². The first-order chi connectivity index (χ1) is 24.2. The fourth-order valence-corrected chi connectivity index (χ4v) is 7.02. The Morgan fingerprint density at radius 3 is 2.48 bits per heavy atom. The van der Waals surface area contributed by atoms with Crippen molar-refractivity contribution in [2.75, 3.05) is 10.7 Å². The van der Waals surface area contributed by atoms with Crippen LogP contribution in [0.1, 0.15) is 58.4 Å². The molecule has 0 spiro atoms. The number of amides is 3. The van der Waals surface area contributed by atoms with Crippen molar-refractivity contribution in [1.82, 2.24) is 10.3 Å². The molecule has 1 aromatic heterocycles. The lowest BCUT2D eigenvalue weighted by Gasteiger charge is -2.41. The van der Waals surface area contributed by atoms with Crippen LogP contribution in [-0.4, -0.2) is 57.0 Å². The molecule has 3 aromatic carbocycles. The van der Waals surface area contributed by atoms with Crippen LogP contribution in [0.25, 0.3) is 0 Å². The number of carboxylic acid groups (broad SMARTS) is 1. The molecule has 0 bridgehead atoms. The van der Waals surface area contributed by atoms with Crippen molar-refractivity contribution in [3.8, 4) is 0 Å². The molecule has 13 heteroatoms. The van der Waals surface area contributed by atoms with E-state index in [9.17, 15) is 29.4 Å². The molecule has 2 aliphatic heterocycles. The number of benzene rings is 3. The molecule has 5 unspecified atom stereocenters. The number of aliphatic hydroxyl groups is 1. The zero-order valence-corrected chi connectivity index (χ0v) is 27.8. The molecule has 0 radical (unpaired) electrons. The summed E-state index contributed by atoms with van der Waals surface area (Å²) in [5, 5.41) is 22.1. The van der Waals surface area contributed by atoms with E-state index in [0.29, 0.717) is 22.0 Å². The Labute approximate surface area is 292 Å². The minimum absolute atomic E-state index is 0.0158. The number of nitrogens with zero attached hydrogens (tertiary/aromatic N) is 2. The van der Waals surface area contributed by atoms with Crippen LogP contribution in [0.4, 0.5) is 10.5 Å². The Hall–Kier alpha value is -5.08. The van der Waals surface area contributed by atoms with Crippen LogP contribution in [0.5, 0.6) is 0 Å². The molecule has 3 amide bonds. The molecule has 6 rings (SSSR count). The number of imide groups is 1. The number of carbonyl (C=O) groups is 4. The predicted molar refractivity (Wildman–Crippen MR) is 182 cm³/mol. The molecule has 0 aliphatic carbocycles. The van der Waals surface area contributed by atoms with Crippen LogP contribution in [0.3, 0.4) is 0 Å². The van der Waals surface area contributed by atoms with E-state index >= 15 is 0 Å². The number of aromatic carboxylic acids is 1. The largest absolute Gasteiger partial charge is 0.478 e. The molecule has 50 heavy (non-hydrogen) atoms. The molecule has 0 saturated carbocycles. The highest BCUT2D eigenvalue weighted by atomic mass is 32.2. The molecular weight excluding hydrogens is 662 g/mol. The van der Waals surface area contributed by atoms with Crippen molar-refractivity contribution in [3.63, 3.8) is 0 Å². The molecule has 2 saturated heterocycles. The van der Waals surface area contributed by atoms with E-state index in [-0.39, 0.29) is 31.1 Å². The van der Waals surface area contributed by atoms with Crippen LogP contribution >= 0.6 is 11.8 Å². The van der Waals surface area contributed by atoms with Gasteiger partial charge in [0.15, 0.2) is 6.29 Å². The molecule has 2 aliphatic rings. The van der Waals surface area contributed by atoms with E-state index in [1.54, 1.807) is 42.5 Å². The highest BCUT2D eigenvalue weighted by molar-refractivity contribution is 7.99. The van der Waals surface area contributed by atoms with Crippen molar-refractivity contribution >= 4 is 41.3 Å². The van der Waals surface area contributed by atoms with Gasteiger partial charge in [-0.05, 0) is 41.0 Å². The molecular formula is C37H35N3O9S. The summed E-state index contributed by atoms with van der Waals surface area (Å²) in [5.41, 5.74) is 3.32.